The van der Waals surface area contributed by atoms with Gasteiger partial charge >= 0.3 is 0 Å². The molecule has 2 fully saturated rings. The van der Waals surface area contributed by atoms with Crippen molar-refractivity contribution in [1.29, 1.82) is 0 Å². The summed E-state index contributed by atoms with van der Waals surface area (Å²) >= 11 is 0. The van der Waals surface area contributed by atoms with Crippen LogP contribution in [0.4, 0.5) is 0 Å². The lowest BCUT2D eigenvalue weighted by molar-refractivity contribution is -0.221. The number of ether oxygens (including phenoxy) is 3. The fraction of sp³-hybridized carbons (Fsp3) is 0.565. The molecular formula is C23H28O10. The van der Waals surface area contributed by atoms with Crippen molar-refractivity contribution < 1.29 is 50.0 Å². The highest BCUT2D eigenvalue weighted by Crippen LogP contribution is 2.23. The first-order chi connectivity index (χ1) is 15.8. The second-order valence-corrected chi connectivity index (χ2v) is 7.82. The lowest BCUT2D eigenvalue weighted by atomic mass is 9.95. The van der Waals surface area contributed by atoms with Crippen LogP contribution in [0.3, 0.4) is 0 Å². The lowest BCUT2D eigenvalue weighted by Crippen LogP contribution is -2.58. The van der Waals surface area contributed by atoms with Gasteiger partial charge in [0.15, 0.2) is 0 Å². The second kappa shape index (κ2) is 11.4. The third kappa shape index (κ3) is 5.72. The van der Waals surface area contributed by atoms with E-state index in [1.807, 2.05) is 0 Å². The summed E-state index contributed by atoms with van der Waals surface area (Å²) in [6.45, 7) is -0.930. The third-order valence-electron chi connectivity index (χ3n) is 5.63. The Bertz CT molecular complexity index is 894. The Labute approximate surface area is 191 Å². The number of benzene rings is 1. The Morgan fingerprint density at radius 1 is 0.697 bits per heavy atom. The van der Waals surface area contributed by atoms with Gasteiger partial charge in [0.05, 0.1) is 13.2 Å². The van der Waals surface area contributed by atoms with E-state index in [0.29, 0.717) is 11.1 Å². The van der Waals surface area contributed by atoms with E-state index in [4.69, 9.17) is 14.2 Å². The summed E-state index contributed by atoms with van der Waals surface area (Å²) in [7, 11) is 1.35. The Kier molecular flexibility index (Phi) is 8.82. The van der Waals surface area contributed by atoms with Gasteiger partial charge in [-0.25, -0.2) is 0 Å². The van der Waals surface area contributed by atoms with E-state index >= 15 is 0 Å². The van der Waals surface area contributed by atoms with Crippen LogP contribution in [0.5, 0.6) is 0 Å². The molecule has 2 heterocycles. The standard InChI is InChI=1S/C23H28O10/c1-31-23-17(11-25)33-15(19(27)22(23)30)9-7-13-4-2-12(3-5-13)6-8-14-18(26)21(29)20(28)16(10-24)32-14/h2-5,14-30H,10-11H2,1H3. The van der Waals surface area contributed by atoms with Crippen LogP contribution in [-0.2, 0) is 14.2 Å². The number of hydrogen-bond acceptors (Lipinski definition) is 10. The maximum Gasteiger partial charge on any atom is 0.147 e. The molecule has 33 heavy (non-hydrogen) atoms. The molecule has 0 aliphatic carbocycles. The molecule has 0 aromatic heterocycles. The molecule has 3 rings (SSSR count). The van der Waals surface area contributed by atoms with Crippen molar-refractivity contribution in [3.63, 3.8) is 0 Å². The molecule has 10 atom stereocenters. The van der Waals surface area contributed by atoms with Gasteiger partial charge in [-0.1, -0.05) is 23.7 Å². The topological polar surface area (TPSA) is 169 Å². The molecule has 0 amide bonds. The molecule has 1 aromatic carbocycles. The molecule has 10 heteroatoms. The zero-order chi connectivity index (χ0) is 24.1. The van der Waals surface area contributed by atoms with Crippen molar-refractivity contribution >= 4 is 0 Å². The van der Waals surface area contributed by atoms with Crippen LogP contribution in [0, 0.1) is 23.7 Å². The predicted molar refractivity (Wildman–Crippen MR) is 113 cm³/mol. The van der Waals surface area contributed by atoms with Crippen molar-refractivity contribution in [2.45, 2.75) is 61.0 Å². The first-order valence-corrected chi connectivity index (χ1v) is 10.4. The van der Waals surface area contributed by atoms with Crippen LogP contribution in [0.2, 0.25) is 0 Å². The smallest absolute Gasteiger partial charge is 0.147 e. The van der Waals surface area contributed by atoms with Gasteiger partial charge in [0.25, 0.3) is 0 Å². The zero-order valence-electron chi connectivity index (χ0n) is 17.9. The molecule has 10 unspecified atom stereocenters. The first kappa shape index (κ1) is 25.6. The minimum Gasteiger partial charge on any atom is -0.394 e. The van der Waals surface area contributed by atoms with Crippen LogP contribution in [0.1, 0.15) is 11.1 Å². The SMILES string of the molecule is COC1C(CO)OC(C#Cc2ccc(C#CC3OC(CO)C(O)C(O)C3O)cc2)C(O)C1O. The number of rotatable bonds is 3. The molecule has 2 aliphatic heterocycles. The van der Waals surface area contributed by atoms with Gasteiger partial charge in [0.2, 0.25) is 0 Å². The average Bonchev–Trinajstić information content (AvgIpc) is 2.83. The largest absolute Gasteiger partial charge is 0.394 e. The minimum absolute atomic E-state index is 0.401. The van der Waals surface area contributed by atoms with E-state index < -0.39 is 74.3 Å². The van der Waals surface area contributed by atoms with Gasteiger partial charge in [0.1, 0.15) is 61.0 Å². The summed E-state index contributed by atoms with van der Waals surface area (Å²) in [4.78, 5) is 0. The maximum atomic E-state index is 10.2. The van der Waals surface area contributed by atoms with E-state index in [9.17, 15) is 35.7 Å². The molecule has 2 saturated heterocycles. The van der Waals surface area contributed by atoms with Gasteiger partial charge in [-0.2, -0.15) is 0 Å². The van der Waals surface area contributed by atoms with Gasteiger partial charge in [-0.05, 0) is 24.3 Å². The van der Waals surface area contributed by atoms with Crippen molar-refractivity contribution in [3.8, 4) is 23.7 Å². The highest BCUT2D eigenvalue weighted by Gasteiger charge is 2.44. The molecule has 2 aliphatic rings. The van der Waals surface area contributed by atoms with Crippen LogP contribution in [0.15, 0.2) is 24.3 Å². The number of aliphatic hydroxyl groups is 7. The Morgan fingerprint density at radius 2 is 1.15 bits per heavy atom. The summed E-state index contributed by atoms with van der Waals surface area (Å²) in [5.41, 5.74) is 1.14. The molecule has 0 radical (unpaired) electrons. The van der Waals surface area contributed by atoms with E-state index in [0.717, 1.165) is 0 Å². The van der Waals surface area contributed by atoms with Crippen LogP contribution >= 0.6 is 0 Å². The molecule has 180 valence electrons. The van der Waals surface area contributed by atoms with Crippen LogP contribution < -0.4 is 0 Å². The van der Waals surface area contributed by atoms with Gasteiger partial charge in [-0.3, -0.25) is 0 Å². The molecule has 0 bridgehead atoms. The van der Waals surface area contributed by atoms with Gasteiger partial charge in [0, 0.05) is 18.2 Å². The van der Waals surface area contributed by atoms with Gasteiger partial charge in [-0.15, -0.1) is 0 Å². The predicted octanol–water partition coefficient (Wildman–Crippen LogP) is -3.27. The van der Waals surface area contributed by atoms with Crippen LogP contribution in [-0.4, -0.2) is 117 Å². The second-order valence-electron chi connectivity index (χ2n) is 7.82. The quantitative estimate of drug-likeness (QED) is 0.225. The molecular weight excluding hydrogens is 436 g/mol. The fourth-order valence-electron chi connectivity index (χ4n) is 3.66. The summed E-state index contributed by atoms with van der Waals surface area (Å²) in [6, 6.07) is 6.64. The molecule has 0 spiro atoms. The van der Waals surface area contributed by atoms with E-state index in [-0.39, 0.29) is 0 Å². The highest BCUT2D eigenvalue weighted by atomic mass is 16.6. The van der Waals surface area contributed by atoms with Crippen molar-refractivity contribution in [1.82, 2.24) is 0 Å². The Morgan fingerprint density at radius 3 is 1.61 bits per heavy atom. The lowest BCUT2D eigenvalue weighted by Gasteiger charge is -2.39. The number of hydrogen-bond donors (Lipinski definition) is 7. The van der Waals surface area contributed by atoms with E-state index in [1.54, 1.807) is 24.3 Å². The maximum absolute atomic E-state index is 10.2. The highest BCUT2D eigenvalue weighted by molar-refractivity contribution is 5.43. The first-order valence-electron chi connectivity index (χ1n) is 10.4. The Hall–Kier alpha value is -2.06. The molecule has 7 N–H and O–H groups in total. The molecule has 1 aromatic rings. The molecule has 10 nitrogen and oxygen atoms in total. The normalized spacial score (nSPS) is 38.5. The monoisotopic (exact) mass is 464 g/mol. The average molecular weight is 464 g/mol. The van der Waals surface area contributed by atoms with Crippen molar-refractivity contribution in [2.75, 3.05) is 20.3 Å². The van der Waals surface area contributed by atoms with Gasteiger partial charge < -0.3 is 50.0 Å². The van der Waals surface area contributed by atoms with Crippen molar-refractivity contribution in [2.24, 2.45) is 0 Å². The number of methoxy groups -OCH3 is 1. The minimum atomic E-state index is -1.49. The van der Waals surface area contributed by atoms with Crippen LogP contribution in [0.25, 0.3) is 0 Å². The summed E-state index contributed by atoms with van der Waals surface area (Å²) in [5.74, 6) is 11.1. The third-order valence-corrected chi connectivity index (χ3v) is 5.63. The summed E-state index contributed by atoms with van der Waals surface area (Å²) < 4.78 is 16.0. The zero-order valence-corrected chi connectivity index (χ0v) is 17.9. The number of aliphatic hydroxyl groups excluding tert-OH is 7. The summed E-state index contributed by atoms with van der Waals surface area (Å²) in [5, 5.41) is 68.7. The van der Waals surface area contributed by atoms with E-state index in [2.05, 4.69) is 23.7 Å². The Balaban J connectivity index is 1.67. The fourth-order valence-corrected chi connectivity index (χ4v) is 3.66. The summed E-state index contributed by atoms with van der Waals surface area (Å²) in [6.07, 6.45) is -11.8. The molecule has 0 saturated carbocycles. The van der Waals surface area contributed by atoms with E-state index in [1.165, 1.54) is 7.11 Å². The van der Waals surface area contributed by atoms with Crippen molar-refractivity contribution in [3.05, 3.63) is 35.4 Å².